The van der Waals surface area contributed by atoms with Crippen molar-refractivity contribution >= 4 is 34.4 Å². The molecule has 6 heteroatoms. The van der Waals surface area contributed by atoms with Crippen LogP contribution in [0, 0.1) is 12.8 Å². The molecule has 1 aromatic heterocycles. The number of primary amides is 1. The fourth-order valence-electron chi connectivity index (χ4n) is 2.73. The van der Waals surface area contributed by atoms with Crippen LogP contribution in [0.4, 0.5) is 0 Å². The summed E-state index contributed by atoms with van der Waals surface area (Å²) in [4.78, 5) is 25.4. The van der Waals surface area contributed by atoms with Gasteiger partial charge in [0.25, 0.3) is 5.91 Å². The molecule has 1 fully saturated rings. The van der Waals surface area contributed by atoms with Crippen molar-refractivity contribution in [2.24, 2.45) is 11.7 Å². The minimum atomic E-state index is -0.366. The Balaban J connectivity index is 1.94. The topological polar surface area (TPSA) is 76.5 Å². The molecule has 1 aliphatic heterocycles. The van der Waals surface area contributed by atoms with Crippen molar-refractivity contribution in [2.45, 2.75) is 13.3 Å². The number of nitrogens with zero attached hydrogens (tertiary/aromatic N) is 1. The number of aryl methyl sites for hydroxylation is 1. The van der Waals surface area contributed by atoms with E-state index < -0.39 is 0 Å². The number of nitrogens with two attached hydrogens (primary N) is 1. The largest absolute Gasteiger partial charge is 0.449 e. The van der Waals surface area contributed by atoms with Crippen LogP contribution in [-0.4, -0.2) is 29.8 Å². The first-order valence-corrected chi connectivity index (χ1v) is 7.13. The highest BCUT2D eigenvalue weighted by atomic mass is 35.5. The predicted octanol–water partition coefficient (Wildman–Crippen LogP) is 2.34. The smallest absolute Gasteiger partial charge is 0.289 e. The van der Waals surface area contributed by atoms with Crippen LogP contribution in [0.25, 0.3) is 11.0 Å². The first-order chi connectivity index (χ1) is 9.99. The van der Waals surface area contributed by atoms with Crippen LogP contribution in [0.5, 0.6) is 0 Å². The molecule has 0 bridgehead atoms. The van der Waals surface area contributed by atoms with Crippen molar-refractivity contribution in [1.82, 2.24) is 4.90 Å². The number of likely N-dealkylation sites (tertiary alicyclic amines) is 1. The number of hydrogen-bond acceptors (Lipinski definition) is 3. The zero-order valence-corrected chi connectivity index (χ0v) is 12.3. The van der Waals surface area contributed by atoms with E-state index in [2.05, 4.69) is 0 Å². The second-order valence-corrected chi connectivity index (χ2v) is 5.72. The van der Waals surface area contributed by atoms with E-state index in [-0.39, 0.29) is 23.5 Å². The molecular weight excluding hydrogens is 292 g/mol. The van der Waals surface area contributed by atoms with Gasteiger partial charge in [-0.2, -0.15) is 0 Å². The van der Waals surface area contributed by atoms with Crippen LogP contribution in [0.15, 0.2) is 22.6 Å². The van der Waals surface area contributed by atoms with Gasteiger partial charge in [0.05, 0.1) is 10.9 Å². The van der Waals surface area contributed by atoms with Gasteiger partial charge in [-0.3, -0.25) is 9.59 Å². The maximum atomic E-state index is 12.6. The summed E-state index contributed by atoms with van der Waals surface area (Å²) in [5.41, 5.74) is 6.58. The summed E-state index contributed by atoms with van der Waals surface area (Å²) in [7, 11) is 0. The average molecular weight is 307 g/mol. The first kappa shape index (κ1) is 13.9. The highest BCUT2D eigenvalue weighted by molar-refractivity contribution is 6.35. The number of rotatable bonds is 2. The molecule has 110 valence electrons. The zero-order chi connectivity index (χ0) is 15.1. The maximum Gasteiger partial charge on any atom is 0.289 e. The van der Waals surface area contributed by atoms with Gasteiger partial charge in [0.2, 0.25) is 5.91 Å². The van der Waals surface area contributed by atoms with Gasteiger partial charge in [-0.15, -0.1) is 0 Å². The van der Waals surface area contributed by atoms with Gasteiger partial charge in [0.15, 0.2) is 11.3 Å². The molecule has 1 aliphatic rings. The molecule has 2 N–H and O–H groups in total. The van der Waals surface area contributed by atoms with Gasteiger partial charge in [0.1, 0.15) is 0 Å². The van der Waals surface area contributed by atoms with E-state index in [1.54, 1.807) is 11.0 Å². The number of benzene rings is 1. The van der Waals surface area contributed by atoms with Crippen LogP contribution in [0.3, 0.4) is 0 Å². The molecule has 2 amide bonds. The van der Waals surface area contributed by atoms with E-state index >= 15 is 0 Å². The van der Waals surface area contributed by atoms with E-state index in [1.165, 1.54) is 0 Å². The van der Waals surface area contributed by atoms with E-state index in [9.17, 15) is 9.59 Å². The Morgan fingerprint density at radius 2 is 2.19 bits per heavy atom. The molecule has 1 aromatic carbocycles. The molecular formula is C15H15ClN2O3. The molecule has 0 saturated carbocycles. The van der Waals surface area contributed by atoms with Crippen LogP contribution in [0.2, 0.25) is 5.02 Å². The molecule has 0 radical (unpaired) electrons. The number of halogens is 1. The fraction of sp³-hybridized carbons (Fsp3) is 0.333. The second kappa shape index (κ2) is 5.07. The quantitative estimate of drug-likeness (QED) is 0.925. The summed E-state index contributed by atoms with van der Waals surface area (Å²) in [5.74, 6) is -0.580. The standard InChI is InChI=1S/C15H15ClN2O3/c1-8-10-3-2-4-11(16)13(10)21-12(8)15(20)18-6-5-9(7-18)14(17)19/h2-4,9H,5-7H2,1H3,(H2,17,19)/t9-/m1/s1. The predicted molar refractivity (Wildman–Crippen MR) is 79.2 cm³/mol. The van der Waals surface area contributed by atoms with Gasteiger partial charge < -0.3 is 15.1 Å². The van der Waals surface area contributed by atoms with Crippen molar-refractivity contribution in [3.63, 3.8) is 0 Å². The molecule has 0 aliphatic carbocycles. The summed E-state index contributed by atoms with van der Waals surface area (Å²) >= 11 is 6.09. The molecule has 5 nitrogen and oxygen atoms in total. The van der Waals surface area contributed by atoms with E-state index in [0.29, 0.717) is 30.1 Å². The van der Waals surface area contributed by atoms with Crippen molar-refractivity contribution < 1.29 is 14.0 Å². The lowest BCUT2D eigenvalue weighted by Gasteiger charge is -2.14. The molecule has 1 saturated heterocycles. The summed E-state index contributed by atoms with van der Waals surface area (Å²) < 4.78 is 5.66. The number of carbonyl (C=O) groups is 2. The Labute approximate surface area is 126 Å². The molecule has 2 heterocycles. The van der Waals surface area contributed by atoms with Crippen LogP contribution < -0.4 is 5.73 Å². The number of hydrogen-bond donors (Lipinski definition) is 1. The Hall–Kier alpha value is -2.01. The molecule has 3 rings (SSSR count). The molecule has 0 unspecified atom stereocenters. The lowest BCUT2D eigenvalue weighted by Crippen LogP contribution is -2.31. The third-order valence-corrected chi connectivity index (χ3v) is 4.29. The van der Waals surface area contributed by atoms with Gasteiger partial charge in [-0.1, -0.05) is 23.7 Å². The summed E-state index contributed by atoms with van der Waals surface area (Å²) in [6, 6.07) is 5.41. The van der Waals surface area contributed by atoms with E-state index in [4.69, 9.17) is 21.8 Å². The van der Waals surface area contributed by atoms with Gasteiger partial charge >= 0.3 is 0 Å². The van der Waals surface area contributed by atoms with Gasteiger partial charge in [-0.25, -0.2) is 0 Å². The molecule has 0 spiro atoms. The van der Waals surface area contributed by atoms with Crippen LogP contribution in [0.1, 0.15) is 22.5 Å². The molecule has 1 atom stereocenters. The SMILES string of the molecule is Cc1c(C(=O)N2CC[C@@H](C(N)=O)C2)oc2c(Cl)cccc12. The lowest BCUT2D eigenvalue weighted by atomic mass is 10.1. The van der Waals surface area contributed by atoms with Crippen molar-refractivity contribution in [1.29, 1.82) is 0 Å². The number of fused-ring (bicyclic) bond motifs is 1. The first-order valence-electron chi connectivity index (χ1n) is 6.75. The number of furan rings is 1. The Bertz CT molecular complexity index is 738. The minimum Gasteiger partial charge on any atom is -0.449 e. The normalized spacial score (nSPS) is 18.4. The van der Waals surface area contributed by atoms with Crippen LogP contribution in [-0.2, 0) is 4.79 Å². The minimum absolute atomic E-state index is 0.219. The highest BCUT2D eigenvalue weighted by Gasteiger charge is 2.32. The lowest BCUT2D eigenvalue weighted by molar-refractivity contribution is -0.121. The highest BCUT2D eigenvalue weighted by Crippen LogP contribution is 2.32. The monoisotopic (exact) mass is 306 g/mol. The Morgan fingerprint density at radius 1 is 1.43 bits per heavy atom. The Kier molecular flexibility index (Phi) is 3.37. The molecule has 21 heavy (non-hydrogen) atoms. The number of amides is 2. The third kappa shape index (κ3) is 2.27. The van der Waals surface area contributed by atoms with Crippen molar-refractivity contribution in [3.8, 4) is 0 Å². The second-order valence-electron chi connectivity index (χ2n) is 5.31. The number of para-hydroxylation sites is 1. The maximum absolute atomic E-state index is 12.6. The Morgan fingerprint density at radius 3 is 2.81 bits per heavy atom. The fourth-order valence-corrected chi connectivity index (χ4v) is 2.95. The van der Waals surface area contributed by atoms with E-state index in [0.717, 1.165) is 10.9 Å². The van der Waals surface area contributed by atoms with Gasteiger partial charge in [-0.05, 0) is 19.4 Å². The van der Waals surface area contributed by atoms with Gasteiger partial charge in [0, 0.05) is 24.0 Å². The third-order valence-electron chi connectivity index (χ3n) is 3.99. The zero-order valence-electron chi connectivity index (χ0n) is 11.6. The summed E-state index contributed by atoms with van der Waals surface area (Å²) in [6.45, 7) is 2.69. The van der Waals surface area contributed by atoms with Crippen molar-refractivity contribution in [2.75, 3.05) is 13.1 Å². The summed E-state index contributed by atoms with van der Waals surface area (Å²) in [6.07, 6.45) is 0.598. The van der Waals surface area contributed by atoms with Crippen molar-refractivity contribution in [3.05, 3.63) is 34.5 Å². The van der Waals surface area contributed by atoms with Crippen LogP contribution >= 0.6 is 11.6 Å². The number of carbonyl (C=O) groups excluding carboxylic acids is 2. The average Bonchev–Trinajstić information content (AvgIpc) is 3.05. The molecule has 2 aromatic rings. The summed E-state index contributed by atoms with van der Waals surface area (Å²) in [5, 5.41) is 1.31. The van der Waals surface area contributed by atoms with E-state index in [1.807, 2.05) is 19.1 Å².